The molecule has 0 unspecified atom stereocenters. The van der Waals surface area contributed by atoms with Gasteiger partial charge in [-0.3, -0.25) is 5.10 Å². The van der Waals surface area contributed by atoms with Crippen molar-refractivity contribution in [2.45, 2.75) is 19.4 Å². The first kappa shape index (κ1) is 9.49. The zero-order chi connectivity index (χ0) is 10.3. The molecule has 1 aromatic heterocycles. The number of aromatic amines is 1. The standard InChI is InChI=1S/C10H11ClN2O/c1-10(2,14)6-3-4-8-7(5-6)9(11)13-12-8/h3-5,14H,1-2H3,(H,12,13). The Kier molecular flexibility index (Phi) is 2.01. The van der Waals surface area contributed by atoms with Crippen LogP contribution in [-0.4, -0.2) is 15.3 Å². The van der Waals surface area contributed by atoms with Gasteiger partial charge in [-0.25, -0.2) is 0 Å². The molecule has 2 N–H and O–H groups in total. The maximum atomic E-state index is 9.80. The predicted molar refractivity (Wildman–Crippen MR) is 56.3 cm³/mol. The van der Waals surface area contributed by atoms with Crippen molar-refractivity contribution in [2.75, 3.05) is 0 Å². The van der Waals surface area contributed by atoms with Gasteiger partial charge in [0.1, 0.15) is 5.15 Å². The van der Waals surface area contributed by atoms with Gasteiger partial charge in [0.05, 0.1) is 11.1 Å². The normalized spacial score (nSPS) is 12.3. The number of aromatic nitrogens is 2. The van der Waals surface area contributed by atoms with Crippen LogP contribution in [0.2, 0.25) is 5.15 Å². The third kappa shape index (κ3) is 1.49. The lowest BCUT2D eigenvalue weighted by Crippen LogP contribution is -2.14. The van der Waals surface area contributed by atoms with E-state index in [4.69, 9.17) is 11.6 Å². The monoisotopic (exact) mass is 210 g/mol. The van der Waals surface area contributed by atoms with Crippen LogP contribution in [-0.2, 0) is 5.60 Å². The average molecular weight is 211 g/mol. The molecule has 0 spiro atoms. The third-order valence-corrected chi connectivity index (χ3v) is 2.50. The summed E-state index contributed by atoms with van der Waals surface area (Å²) in [6.45, 7) is 3.48. The molecule has 0 atom stereocenters. The van der Waals surface area contributed by atoms with Crippen molar-refractivity contribution < 1.29 is 5.11 Å². The van der Waals surface area contributed by atoms with E-state index >= 15 is 0 Å². The van der Waals surface area contributed by atoms with E-state index in [0.717, 1.165) is 16.5 Å². The first-order chi connectivity index (χ1) is 6.48. The second kappa shape index (κ2) is 2.97. The van der Waals surface area contributed by atoms with E-state index in [1.807, 2.05) is 18.2 Å². The minimum Gasteiger partial charge on any atom is -0.386 e. The van der Waals surface area contributed by atoms with E-state index in [1.165, 1.54) is 0 Å². The van der Waals surface area contributed by atoms with Gasteiger partial charge in [-0.15, -0.1) is 0 Å². The first-order valence-electron chi connectivity index (χ1n) is 4.35. The molecule has 0 aliphatic rings. The van der Waals surface area contributed by atoms with E-state index < -0.39 is 5.60 Å². The molecular weight excluding hydrogens is 200 g/mol. The number of rotatable bonds is 1. The topological polar surface area (TPSA) is 48.9 Å². The molecule has 4 heteroatoms. The molecule has 0 amide bonds. The highest BCUT2D eigenvalue weighted by molar-refractivity contribution is 6.34. The maximum absolute atomic E-state index is 9.80. The number of nitrogens with one attached hydrogen (secondary N) is 1. The van der Waals surface area contributed by atoms with Gasteiger partial charge in [0, 0.05) is 5.39 Å². The lowest BCUT2D eigenvalue weighted by Gasteiger charge is -2.17. The van der Waals surface area contributed by atoms with Crippen LogP contribution in [0.25, 0.3) is 10.9 Å². The molecule has 1 heterocycles. The summed E-state index contributed by atoms with van der Waals surface area (Å²) in [6, 6.07) is 5.53. The van der Waals surface area contributed by atoms with E-state index in [2.05, 4.69) is 10.2 Å². The summed E-state index contributed by atoms with van der Waals surface area (Å²) < 4.78 is 0. The van der Waals surface area contributed by atoms with Crippen LogP contribution in [0.5, 0.6) is 0 Å². The van der Waals surface area contributed by atoms with E-state index in [0.29, 0.717) is 5.15 Å². The first-order valence-corrected chi connectivity index (χ1v) is 4.73. The molecule has 1 aromatic carbocycles. The highest BCUT2D eigenvalue weighted by atomic mass is 35.5. The number of hydrogen-bond donors (Lipinski definition) is 2. The Morgan fingerprint density at radius 2 is 2.14 bits per heavy atom. The van der Waals surface area contributed by atoms with Crippen molar-refractivity contribution >= 4 is 22.5 Å². The molecule has 2 aromatic rings. The number of benzene rings is 1. The second-order valence-electron chi connectivity index (χ2n) is 3.83. The molecule has 0 radical (unpaired) electrons. The highest BCUT2D eigenvalue weighted by Crippen LogP contribution is 2.26. The van der Waals surface area contributed by atoms with E-state index in [9.17, 15) is 5.11 Å². The number of nitrogens with zero attached hydrogens (tertiary/aromatic N) is 1. The molecule has 2 rings (SSSR count). The fraction of sp³-hybridized carbons (Fsp3) is 0.300. The zero-order valence-electron chi connectivity index (χ0n) is 8.00. The molecule has 0 aliphatic carbocycles. The minimum absolute atomic E-state index is 0.506. The summed E-state index contributed by atoms with van der Waals surface area (Å²) >= 11 is 5.89. The quantitative estimate of drug-likeness (QED) is 0.760. The van der Waals surface area contributed by atoms with Gasteiger partial charge in [-0.1, -0.05) is 17.7 Å². The van der Waals surface area contributed by atoms with Gasteiger partial charge in [0.2, 0.25) is 0 Å². The number of halogens is 1. The Bertz CT molecular complexity index is 470. The van der Waals surface area contributed by atoms with Gasteiger partial charge in [-0.05, 0) is 31.5 Å². The summed E-state index contributed by atoms with van der Waals surface area (Å²) in [6.07, 6.45) is 0. The van der Waals surface area contributed by atoms with Crippen LogP contribution in [0.1, 0.15) is 19.4 Å². The van der Waals surface area contributed by atoms with Crippen LogP contribution in [0.4, 0.5) is 0 Å². The van der Waals surface area contributed by atoms with Gasteiger partial charge in [-0.2, -0.15) is 5.10 Å². The number of aliphatic hydroxyl groups is 1. The Morgan fingerprint density at radius 1 is 1.43 bits per heavy atom. The summed E-state index contributed by atoms with van der Waals surface area (Å²) in [5.74, 6) is 0. The molecular formula is C10H11ClN2O. The molecule has 14 heavy (non-hydrogen) atoms. The SMILES string of the molecule is CC(C)(O)c1ccc2n[nH]c(Cl)c2c1. The smallest absolute Gasteiger partial charge is 0.132 e. The molecule has 0 fully saturated rings. The Morgan fingerprint density at radius 3 is 2.79 bits per heavy atom. The second-order valence-corrected chi connectivity index (χ2v) is 4.21. The molecule has 0 bridgehead atoms. The average Bonchev–Trinajstić information content (AvgIpc) is 2.46. The summed E-state index contributed by atoms with van der Waals surface area (Å²) in [5.41, 5.74) is 0.783. The van der Waals surface area contributed by atoms with Crippen LogP contribution in [0, 0.1) is 0 Å². The van der Waals surface area contributed by atoms with Crippen LogP contribution in [0.3, 0.4) is 0 Å². The molecule has 3 nitrogen and oxygen atoms in total. The van der Waals surface area contributed by atoms with Crippen molar-refractivity contribution in [3.8, 4) is 0 Å². The summed E-state index contributed by atoms with van der Waals surface area (Å²) in [5, 5.41) is 17.8. The fourth-order valence-electron chi connectivity index (χ4n) is 1.36. The van der Waals surface area contributed by atoms with Crippen molar-refractivity contribution in [1.29, 1.82) is 0 Å². The van der Waals surface area contributed by atoms with Gasteiger partial charge in [0.15, 0.2) is 0 Å². The van der Waals surface area contributed by atoms with E-state index in [-0.39, 0.29) is 0 Å². The fourth-order valence-corrected chi connectivity index (χ4v) is 1.55. The Hall–Kier alpha value is -1.06. The molecule has 74 valence electrons. The van der Waals surface area contributed by atoms with Crippen LogP contribution < -0.4 is 0 Å². The molecule has 0 saturated heterocycles. The number of H-pyrrole nitrogens is 1. The zero-order valence-corrected chi connectivity index (χ0v) is 8.76. The lowest BCUT2D eigenvalue weighted by atomic mass is 9.97. The Labute approximate surface area is 86.7 Å². The molecule has 0 aliphatic heterocycles. The maximum Gasteiger partial charge on any atom is 0.132 e. The number of fused-ring (bicyclic) bond motifs is 1. The van der Waals surface area contributed by atoms with Crippen molar-refractivity contribution in [2.24, 2.45) is 0 Å². The van der Waals surface area contributed by atoms with Crippen molar-refractivity contribution in [3.63, 3.8) is 0 Å². The Balaban J connectivity index is 2.66. The van der Waals surface area contributed by atoms with Crippen molar-refractivity contribution in [3.05, 3.63) is 28.9 Å². The van der Waals surface area contributed by atoms with Crippen LogP contribution >= 0.6 is 11.6 Å². The lowest BCUT2D eigenvalue weighted by molar-refractivity contribution is 0.0787. The van der Waals surface area contributed by atoms with Gasteiger partial charge in [0.25, 0.3) is 0 Å². The van der Waals surface area contributed by atoms with Crippen molar-refractivity contribution in [1.82, 2.24) is 10.2 Å². The minimum atomic E-state index is -0.852. The number of hydrogen-bond acceptors (Lipinski definition) is 2. The third-order valence-electron chi connectivity index (χ3n) is 2.21. The summed E-state index contributed by atoms with van der Waals surface area (Å²) in [7, 11) is 0. The molecule has 0 saturated carbocycles. The highest BCUT2D eigenvalue weighted by Gasteiger charge is 2.17. The summed E-state index contributed by atoms with van der Waals surface area (Å²) in [4.78, 5) is 0. The predicted octanol–water partition coefficient (Wildman–Crippen LogP) is 2.44. The van der Waals surface area contributed by atoms with Crippen LogP contribution in [0.15, 0.2) is 18.2 Å². The largest absolute Gasteiger partial charge is 0.386 e. The van der Waals surface area contributed by atoms with Gasteiger partial charge < -0.3 is 5.11 Å². The van der Waals surface area contributed by atoms with E-state index in [1.54, 1.807) is 13.8 Å². The van der Waals surface area contributed by atoms with Gasteiger partial charge >= 0.3 is 0 Å².